The first-order valence-corrected chi connectivity index (χ1v) is 16.1. The van der Waals surface area contributed by atoms with Crippen LogP contribution in [0.4, 0.5) is 0 Å². The second-order valence-electron chi connectivity index (χ2n) is 5.77. The third kappa shape index (κ3) is 4.65. The number of carbonyl (C=O) groups is 1. The zero-order valence-electron chi connectivity index (χ0n) is 15.2. The van der Waals surface area contributed by atoms with Gasteiger partial charge in [0.05, 0.1) is 0 Å². The van der Waals surface area contributed by atoms with Gasteiger partial charge in [0, 0.05) is 0 Å². The van der Waals surface area contributed by atoms with Crippen LogP contribution in [0.5, 0.6) is 0 Å². The molecule has 0 unspecified atom stereocenters. The van der Waals surface area contributed by atoms with Gasteiger partial charge in [0.2, 0.25) is 0 Å². The molecule has 2 rings (SSSR count). The van der Waals surface area contributed by atoms with Crippen LogP contribution in [0, 0.1) is 0 Å². The summed E-state index contributed by atoms with van der Waals surface area (Å²) in [6, 6.07) is 16.8. The van der Waals surface area contributed by atoms with Crippen molar-refractivity contribution in [3.8, 4) is 0 Å². The molecule has 0 bridgehead atoms. The Morgan fingerprint density at radius 1 is 0.625 bits per heavy atom. The Labute approximate surface area is 156 Å². The summed E-state index contributed by atoms with van der Waals surface area (Å²) in [7, 11) is 0. The fourth-order valence-electron chi connectivity index (χ4n) is 2.99. The standard InChI is InChI=1S/C21H28As2O/c1-5-22(6-2)19-13-9-17(10-14-19)21(24)18-11-15-20(16-12-18)23(7-3)8-4/h9-16H,5-8H2,1-4H3. The average Bonchev–Trinajstić information content (AvgIpc) is 2.64. The van der Waals surface area contributed by atoms with E-state index in [-0.39, 0.29) is 5.78 Å². The molecule has 2 aromatic carbocycles. The van der Waals surface area contributed by atoms with Gasteiger partial charge in [-0.1, -0.05) is 0 Å². The molecule has 0 N–H and O–H groups in total. The van der Waals surface area contributed by atoms with Crippen LogP contribution in [-0.4, -0.2) is 35.1 Å². The van der Waals surface area contributed by atoms with E-state index in [2.05, 4.69) is 52.0 Å². The molecule has 0 heterocycles. The summed E-state index contributed by atoms with van der Waals surface area (Å²) in [6.07, 6.45) is 0. The third-order valence-corrected chi connectivity index (χ3v) is 15.2. The minimum absolute atomic E-state index is 0.146. The first-order valence-electron chi connectivity index (χ1n) is 8.89. The summed E-state index contributed by atoms with van der Waals surface area (Å²) in [5, 5.41) is 5.16. The van der Waals surface area contributed by atoms with Crippen molar-refractivity contribution in [1.82, 2.24) is 0 Å². The molecule has 24 heavy (non-hydrogen) atoms. The summed E-state index contributed by atoms with van der Waals surface area (Å²) in [5.74, 6) is 0.146. The number of hydrogen-bond donors (Lipinski definition) is 0. The van der Waals surface area contributed by atoms with Gasteiger partial charge in [0.15, 0.2) is 0 Å². The van der Waals surface area contributed by atoms with Gasteiger partial charge in [-0.3, -0.25) is 0 Å². The second kappa shape index (κ2) is 9.64. The van der Waals surface area contributed by atoms with E-state index in [1.807, 2.05) is 24.3 Å². The maximum atomic E-state index is 12.7. The molecule has 2 aromatic rings. The van der Waals surface area contributed by atoms with Crippen LogP contribution in [0.3, 0.4) is 0 Å². The summed E-state index contributed by atoms with van der Waals surface area (Å²) in [6.45, 7) is 9.14. The molecular weight excluding hydrogens is 418 g/mol. The Hall–Kier alpha value is -0.773. The fourth-order valence-corrected chi connectivity index (χ4v) is 10.3. The number of hydrogen-bond acceptors (Lipinski definition) is 1. The number of rotatable bonds is 8. The van der Waals surface area contributed by atoms with Crippen LogP contribution in [-0.2, 0) is 0 Å². The van der Waals surface area contributed by atoms with Crippen LogP contribution in [0.2, 0.25) is 20.8 Å². The van der Waals surface area contributed by atoms with Gasteiger partial charge in [-0.05, 0) is 0 Å². The summed E-state index contributed by atoms with van der Waals surface area (Å²) in [4.78, 5) is 12.7. The van der Waals surface area contributed by atoms with Crippen LogP contribution < -0.4 is 8.70 Å². The predicted octanol–water partition coefficient (Wildman–Crippen LogP) is 4.40. The molecule has 0 saturated heterocycles. The molecule has 0 saturated carbocycles. The molecule has 0 aromatic heterocycles. The third-order valence-electron chi connectivity index (χ3n) is 4.52. The molecule has 1 nitrogen and oxygen atoms in total. The van der Waals surface area contributed by atoms with Crippen molar-refractivity contribution in [2.24, 2.45) is 0 Å². The molecule has 0 amide bonds. The monoisotopic (exact) mass is 446 g/mol. The Morgan fingerprint density at radius 3 is 1.17 bits per heavy atom. The van der Waals surface area contributed by atoms with E-state index in [4.69, 9.17) is 0 Å². The molecule has 128 valence electrons. The first-order chi connectivity index (χ1) is 11.6. The predicted molar refractivity (Wildman–Crippen MR) is 109 cm³/mol. The topological polar surface area (TPSA) is 17.1 Å². The molecule has 3 heteroatoms. The van der Waals surface area contributed by atoms with E-state index in [1.54, 1.807) is 0 Å². The molecular formula is C21H28As2O. The molecule has 0 spiro atoms. The minimum atomic E-state index is -0.879. The van der Waals surface area contributed by atoms with Crippen LogP contribution in [0.1, 0.15) is 43.6 Å². The SMILES string of the molecule is CC[As](CC)c1ccc(C(=O)c2ccc([As](CC)CC)cc2)cc1. The molecule has 0 aliphatic rings. The Kier molecular flexibility index (Phi) is 7.86. The van der Waals surface area contributed by atoms with Crippen LogP contribution in [0.15, 0.2) is 48.5 Å². The van der Waals surface area contributed by atoms with Gasteiger partial charge in [0.1, 0.15) is 0 Å². The fraction of sp³-hybridized carbons (Fsp3) is 0.381. The normalized spacial score (nSPS) is 11.2. The number of carbonyl (C=O) groups excluding carboxylic acids is 1. The van der Waals surface area contributed by atoms with Crippen molar-refractivity contribution in [3.05, 3.63) is 59.7 Å². The second-order valence-corrected chi connectivity index (χ2v) is 17.8. The zero-order valence-corrected chi connectivity index (χ0v) is 19.0. The van der Waals surface area contributed by atoms with Crippen molar-refractivity contribution < 1.29 is 4.79 Å². The molecule has 0 atom stereocenters. The van der Waals surface area contributed by atoms with Crippen LogP contribution in [0.25, 0.3) is 0 Å². The summed E-state index contributed by atoms with van der Waals surface area (Å²) in [5.41, 5.74) is 1.63. The molecule has 0 fully saturated rings. The Balaban J connectivity index is 2.16. The van der Waals surface area contributed by atoms with Crippen molar-refractivity contribution in [1.29, 1.82) is 0 Å². The van der Waals surface area contributed by atoms with E-state index in [1.165, 1.54) is 29.5 Å². The van der Waals surface area contributed by atoms with E-state index >= 15 is 0 Å². The van der Waals surface area contributed by atoms with E-state index in [9.17, 15) is 4.79 Å². The average molecular weight is 446 g/mol. The van der Waals surface area contributed by atoms with E-state index in [0.717, 1.165) is 11.1 Å². The summed E-state index contributed by atoms with van der Waals surface area (Å²) < 4.78 is 2.97. The molecule has 0 radical (unpaired) electrons. The van der Waals surface area contributed by atoms with Gasteiger partial charge >= 0.3 is 157 Å². The number of benzene rings is 2. The maximum absolute atomic E-state index is 12.7. The van der Waals surface area contributed by atoms with Gasteiger partial charge < -0.3 is 0 Å². The van der Waals surface area contributed by atoms with Crippen LogP contribution >= 0.6 is 0 Å². The van der Waals surface area contributed by atoms with Gasteiger partial charge in [-0.25, -0.2) is 0 Å². The van der Waals surface area contributed by atoms with Crippen molar-refractivity contribution in [2.75, 3.05) is 0 Å². The zero-order chi connectivity index (χ0) is 17.5. The van der Waals surface area contributed by atoms with E-state index < -0.39 is 29.3 Å². The Bertz CT molecular complexity index is 581. The van der Waals surface area contributed by atoms with Gasteiger partial charge in [0.25, 0.3) is 0 Å². The molecule has 0 aliphatic heterocycles. The Morgan fingerprint density at radius 2 is 0.917 bits per heavy atom. The van der Waals surface area contributed by atoms with Gasteiger partial charge in [-0.15, -0.1) is 0 Å². The number of ketones is 1. The van der Waals surface area contributed by atoms with Crippen molar-refractivity contribution in [3.63, 3.8) is 0 Å². The van der Waals surface area contributed by atoms with E-state index in [0.29, 0.717) is 0 Å². The van der Waals surface area contributed by atoms with Crippen molar-refractivity contribution >= 4 is 43.8 Å². The first kappa shape index (κ1) is 19.6. The van der Waals surface area contributed by atoms with Crippen molar-refractivity contribution in [2.45, 2.75) is 48.5 Å². The summed E-state index contributed by atoms with van der Waals surface area (Å²) >= 11 is -1.76. The van der Waals surface area contributed by atoms with Gasteiger partial charge in [-0.2, -0.15) is 0 Å². The molecule has 0 aliphatic carbocycles. The quantitative estimate of drug-likeness (QED) is 0.434.